The molecule has 21 heavy (non-hydrogen) atoms. The number of benzene rings is 1. The van der Waals surface area contributed by atoms with Crippen LogP contribution in [0.25, 0.3) is 11.1 Å². The minimum atomic E-state index is -0.364. The predicted molar refractivity (Wildman–Crippen MR) is 77.3 cm³/mol. The average Bonchev–Trinajstić information content (AvgIpc) is 3.01. The molecule has 4 heterocycles. The predicted octanol–water partition coefficient (Wildman–Crippen LogP) is 2.35. The number of nitrogens with zero attached hydrogens (tertiary/aromatic N) is 2. The summed E-state index contributed by atoms with van der Waals surface area (Å²) in [6.45, 7) is 3.34. The molecular weight excluding hydrogens is 268 g/mol. The van der Waals surface area contributed by atoms with Crippen LogP contribution in [0.2, 0.25) is 0 Å². The fraction of sp³-hybridized carbons (Fsp3) is 0.500. The zero-order valence-corrected chi connectivity index (χ0v) is 12.1. The van der Waals surface area contributed by atoms with E-state index in [0.717, 1.165) is 44.8 Å². The Labute approximate surface area is 122 Å². The number of esters is 1. The van der Waals surface area contributed by atoms with Gasteiger partial charge in [-0.1, -0.05) is 6.07 Å². The Balaban J connectivity index is 1.82. The second kappa shape index (κ2) is 4.56. The summed E-state index contributed by atoms with van der Waals surface area (Å²) in [5, 5.41) is 0. The van der Waals surface area contributed by atoms with Crippen molar-refractivity contribution in [1.82, 2.24) is 9.88 Å². The third-order valence-corrected chi connectivity index (χ3v) is 5.00. The number of hydrogen-bond donors (Lipinski definition) is 0. The number of piperidine rings is 3. The number of ether oxygens (including phenoxy) is 1. The van der Waals surface area contributed by atoms with Gasteiger partial charge in [-0.05, 0) is 51.0 Å². The first-order valence-corrected chi connectivity index (χ1v) is 7.43. The maximum Gasteiger partial charge on any atom is 0.340 e. The van der Waals surface area contributed by atoms with E-state index in [4.69, 9.17) is 9.15 Å². The number of hydrogen-bond acceptors (Lipinski definition) is 5. The van der Waals surface area contributed by atoms with Crippen LogP contribution in [0.15, 0.2) is 22.6 Å². The van der Waals surface area contributed by atoms with E-state index < -0.39 is 0 Å². The molecule has 3 fully saturated rings. The molecule has 3 saturated heterocycles. The molecule has 0 amide bonds. The summed E-state index contributed by atoms with van der Waals surface area (Å²) in [5.41, 5.74) is 1.84. The molecule has 5 nitrogen and oxygen atoms in total. The molecule has 1 aromatic heterocycles. The van der Waals surface area contributed by atoms with Gasteiger partial charge >= 0.3 is 5.97 Å². The molecule has 2 aromatic rings. The fourth-order valence-electron chi connectivity index (χ4n) is 3.60. The lowest BCUT2D eigenvalue weighted by molar-refractivity contribution is 0.0602. The third-order valence-electron chi connectivity index (χ3n) is 5.00. The summed E-state index contributed by atoms with van der Waals surface area (Å²) in [4.78, 5) is 19.0. The van der Waals surface area contributed by atoms with Gasteiger partial charge in [-0.3, -0.25) is 0 Å². The number of carbonyl (C=O) groups is 1. The molecule has 5 rings (SSSR count). The number of methoxy groups -OCH3 is 1. The molecule has 0 N–H and O–H groups in total. The summed E-state index contributed by atoms with van der Waals surface area (Å²) in [6, 6.07) is 5.42. The fourth-order valence-corrected chi connectivity index (χ4v) is 3.60. The van der Waals surface area contributed by atoms with Gasteiger partial charge in [-0.25, -0.2) is 9.78 Å². The van der Waals surface area contributed by atoms with Crippen molar-refractivity contribution in [1.29, 1.82) is 0 Å². The quantitative estimate of drug-likeness (QED) is 0.793. The van der Waals surface area contributed by atoms with Gasteiger partial charge in [0.2, 0.25) is 5.89 Å². The van der Waals surface area contributed by atoms with Crippen molar-refractivity contribution >= 4 is 17.1 Å². The molecule has 2 bridgehead atoms. The van der Waals surface area contributed by atoms with E-state index in [1.807, 2.05) is 12.1 Å². The van der Waals surface area contributed by atoms with Crippen molar-refractivity contribution < 1.29 is 13.9 Å². The van der Waals surface area contributed by atoms with Gasteiger partial charge in [0.05, 0.1) is 18.1 Å². The minimum absolute atomic E-state index is 0.0567. The molecule has 0 aliphatic carbocycles. The molecule has 3 aliphatic heterocycles. The van der Waals surface area contributed by atoms with Crippen LogP contribution < -0.4 is 0 Å². The van der Waals surface area contributed by atoms with Crippen molar-refractivity contribution in [2.75, 3.05) is 26.7 Å². The van der Waals surface area contributed by atoms with Gasteiger partial charge in [-0.15, -0.1) is 0 Å². The number of carbonyl (C=O) groups excluding carboxylic acids is 1. The molecular formula is C16H18N2O3. The van der Waals surface area contributed by atoms with E-state index in [-0.39, 0.29) is 11.4 Å². The minimum Gasteiger partial charge on any atom is -0.465 e. The largest absolute Gasteiger partial charge is 0.465 e. The molecule has 0 spiro atoms. The lowest BCUT2D eigenvalue weighted by Gasteiger charge is -2.46. The van der Waals surface area contributed by atoms with Crippen LogP contribution in [0.4, 0.5) is 0 Å². The average molecular weight is 286 g/mol. The van der Waals surface area contributed by atoms with E-state index >= 15 is 0 Å². The number of rotatable bonds is 2. The molecule has 0 saturated carbocycles. The van der Waals surface area contributed by atoms with Gasteiger partial charge in [0.1, 0.15) is 5.52 Å². The highest BCUT2D eigenvalue weighted by Gasteiger charge is 2.44. The van der Waals surface area contributed by atoms with E-state index in [2.05, 4.69) is 9.88 Å². The highest BCUT2D eigenvalue weighted by atomic mass is 16.5. The molecule has 0 atom stereocenters. The van der Waals surface area contributed by atoms with Crippen LogP contribution in [0.1, 0.15) is 35.5 Å². The van der Waals surface area contributed by atoms with Gasteiger partial charge in [0.25, 0.3) is 0 Å². The summed E-state index contributed by atoms with van der Waals surface area (Å²) in [6.07, 6.45) is 3.27. The molecule has 1 aromatic carbocycles. The second-order valence-corrected chi connectivity index (χ2v) is 6.03. The van der Waals surface area contributed by atoms with Crippen molar-refractivity contribution in [2.24, 2.45) is 0 Å². The lowest BCUT2D eigenvalue weighted by Crippen LogP contribution is -2.50. The molecule has 3 aliphatic rings. The van der Waals surface area contributed by atoms with Gasteiger partial charge in [-0.2, -0.15) is 0 Å². The zero-order chi connectivity index (χ0) is 14.4. The molecule has 110 valence electrons. The number of fused-ring (bicyclic) bond motifs is 4. The topological polar surface area (TPSA) is 55.6 Å². The Morgan fingerprint density at radius 1 is 1.29 bits per heavy atom. The Bertz CT molecular complexity index is 685. The van der Waals surface area contributed by atoms with E-state index in [1.54, 1.807) is 6.07 Å². The van der Waals surface area contributed by atoms with Crippen LogP contribution in [-0.2, 0) is 10.2 Å². The first-order valence-electron chi connectivity index (χ1n) is 7.43. The van der Waals surface area contributed by atoms with Crippen molar-refractivity contribution in [2.45, 2.75) is 24.7 Å². The molecule has 0 unspecified atom stereocenters. The molecule has 0 radical (unpaired) electrons. The van der Waals surface area contributed by atoms with Gasteiger partial charge in [0, 0.05) is 0 Å². The van der Waals surface area contributed by atoms with Crippen LogP contribution in [0.3, 0.4) is 0 Å². The highest BCUT2D eigenvalue weighted by molar-refractivity contribution is 6.01. The first-order chi connectivity index (χ1) is 10.2. The summed E-state index contributed by atoms with van der Waals surface area (Å²) < 4.78 is 10.9. The normalized spacial score (nSPS) is 28.0. The SMILES string of the molecule is COC(=O)c1cccc2oc(C34CCN(CC3)CC4)nc12. The van der Waals surface area contributed by atoms with Crippen molar-refractivity contribution in [3.8, 4) is 0 Å². The zero-order valence-electron chi connectivity index (χ0n) is 12.1. The Kier molecular flexibility index (Phi) is 2.79. The number of aromatic nitrogens is 1. The standard InChI is InChI=1S/C16H18N2O3/c1-20-14(19)11-3-2-4-12-13(11)17-15(21-12)16-5-8-18(9-6-16)10-7-16/h2-4H,5-10H2,1H3. The van der Waals surface area contributed by atoms with Crippen LogP contribution >= 0.6 is 0 Å². The van der Waals surface area contributed by atoms with Gasteiger partial charge < -0.3 is 14.1 Å². The van der Waals surface area contributed by atoms with E-state index in [9.17, 15) is 4.79 Å². The van der Waals surface area contributed by atoms with Crippen molar-refractivity contribution in [3.63, 3.8) is 0 Å². The van der Waals surface area contributed by atoms with Crippen LogP contribution in [0.5, 0.6) is 0 Å². The molecule has 5 heteroatoms. The third kappa shape index (κ3) is 1.87. The lowest BCUT2D eigenvalue weighted by atomic mass is 9.72. The monoisotopic (exact) mass is 286 g/mol. The Hall–Kier alpha value is -1.88. The van der Waals surface area contributed by atoms with Crippen LogP contribution in [-0.4, -0.2) is 42.6 Å². The number of para-hydroxylation sites is 1. The highest BCUT2D eigenvalue weighted by Crippen LogP contribution is 2.43. The van der Waals surface area contributed by atoms with Crippen molar-refractivity contribution in [3.05, 3.63) is 29.7 Å². The van der Waals surface area contributed by atoms with Crippen LogP contribution in [0, 0.1) is 0 Å². The summed E-state index contributed by atoms with van der Waals surface area (Å²) in [5.74, 6) is 0.435. The van der Waals surface area contributed by atoms with E-state index in [0.29, 0.717) is 16.7 Å². The number of oxazole rings is 1. The summed E-state index contributed by atoms with van der Waals surface area (Å²) >= 11 is 0. The first kappa shape index (κ1) is 12.8. The second-order valence-electron chi connectivity index (χ2n) is 6.03. The maximum atomic E-state index is 11.9. The summed E-state index contributed by atoms with van der Waals surface area (Å²) in [7, 11) is 1.39. The maximum absolute atomic E-state index is 11.9. The Morgan fingerprint density at radius 2 is 2.00 bits per heavy atom. The smallest absolute Gasteiger partial charge is 0.340 e. The van der Waals surface area contributed by atoms with E-state index in [1.165, 1.54) is 7.11 Å². The Morgan fingerprint density at radius 3 is 2.67 bits per heavy atom. The van der Waals surface area contributed by atoms with Gasteiger partial charge in [0.15, 0.2) is 5.58 Å².